The van der Waals surface area contributed by atoms with Gasteiger partial charge in [0.15, 0.2) is 5.11 Å². The van der Waals surface area contributed by atoms with E-state index >= 15 is 0 Å². The molecule has 1 amide bonds. The van der Waals surface area contributed by atoms with Crippen LogP contribution in [0.1, 0.15) is 17.3 Å². The number of carbonyl (C=O) groups is 1. The van der Waals surface area contributed by atoms with Crippen molar-refractivity contribution in [2.24, 2.45) is 0 Å². The van der Waals surface area contributed by atoms with Crippen molar-refractivity contribution in [2.45, 2.75) is 6.92 Å². The average molecular weight is 407 g/mol. The van der Waals surface area contributed by atoms with Crippen molar-refractivity contribution >= 4 is 34.6 Å². The number of amides is 1. The highest BCUT2D eigenvalue weighted by atomic mass is 32.1. The van der Waals surface area contributed by atoms with E-state index in [1.165, 1.54) is 6.07 Å². The molecule has 0 saturated heterocycles. The van der Waals surface area contributed by atoms with Crippen LogP contribution in [0.5, 0.6) is 5.75 Å². The molecule has 2 aromatic rings. The molecule has 2 aromatic carbocycles. The summed E-state index contributed by atoms with van der Waals surface area (Å²) in [4.78, 5) is 22.4. The third-order valence-corrected chi connectivity index (χ3v) is 3.64. The quantitative estimate of drug-likeness (QED) is 0.300. The van der Waals surface area contributed by atoms with Crippen molar-refractivity contribution in [3.05, 3.63) is 64.0 Å². The van der Waals surface area contributed by atoms with Crippen molar-refractivity contribution in [3.8, 4) is 5.75 Å². The topological polar surface area (TPSA) is 103 Å². The minimum Gasteiger partial charge on any atom is -0.491 e. The van der Waals surface area contributed by atoms with Crippen LogP contribution in [0.3, 0.4) is 0 Å². The molecule has 28 heavy (non-hydrogen) atoms. The van der Waals surface area contributed by atoms with E-state index in [0.29, 0.717) is 25.6 Å². The van der Waals surface area contributed by atoms with E-state index in [1.54, 1.807) is 18.2 Å². The number of hydrogen-bond acceptors (Lipinski definition) is 6. The van der Waals surface area contributed by atoms with Gasteiger partial charge < -0.3 is 14.8 Å². The number of carbonyl (C=O) groups excluding carboxylic acids is 1. The zero-order chi connectivity index (χ0) is 20.5. The molecule has 0 atom stereocenters. The van der Waals surface area contributed by atoms with Crippen molar-refractivity contribution in [1.82, 2.24) is 5.32 Å². The molecule has 8 nitrogen and oxygen atoms in total. The number of rotatable bonds is 8. The Morgan fingerprint density at radius 2 is 2.04 bits per heavy atom. The number of benzene rings is 2. The number of nitrogens with one attached hydrogen (secondary N) is 2. The fourth-order valence-corrected chi connectivity index (χ4v) is 2.34. The standard InChI is InChI=1S/C18H18FN3O5S/c1-2-26-8-9-27-14-5-3-4-12(10-14)17(23)21-18(28)20-16-11-13(22(24)25)6-7-15(16)19/h3-7,10-11H,2,8-9H2,1H3,(H2,20,21,23,28). The van der Waals surface area contributed by atoms with Gasteiger partial charge in [-0.05, 0) is 43.4 Å². The van der Waals surface area contributed by atoms with Gasteiger partial charge in [0.25, 0.3) is 11.6 Å². The molecule has 0 saturated carbocycles. The SMILES string of the molecule is CCOCCOc1cccc(C(=O)NC(=S)Nc2cc([N+](=O)[O-])ccc2F)c1. The van der Waals surface area contributed by atoms with Crippen LogP contribution < -0.4 is 15.4 Å². The number of halogens is 1. The summed E-state index contributed by atoms with van der Waals surface area (Å²) in [6.45, 7) is 3.23. The van der Waals surface area contributed by atoms with Gasteiger partial charge in [-0.25, -0.2) is 4.39 Å². The fraction of sp³-hybridized carbons (Fsp3) is 0.222. The third-order valence-electron chi connectivity index (χ3n) is 3.43. The maximum Gasteiger partial charge on any atom is 0.271 e. The zero-order valence-electron chi connectivity index (χ0n) is 14.9. The Balaban J connectivity index is 1.98. The highest BCUT2D eigenvalue weighted by Gasteiger charge is 2.14. The fourth-order valence-electron chi connectivity index (χ4n) is 2.14. The second-order valence-electron chi connectivity index (χ2n) is 5.40. The minimum absolute atomic E-state index is 0.202. The normalized spacial score (nSPS) is 10.2. The number of hydrogen-bond donors (Lipinski definition) is 2. The van der Waals surface area contributed by atoms with Crippen LogP contribution in [0.15, 0.2) is 42.5 Å². The van der Waals surface area contributed by atoms with Crippen molar-refractivity contribution in [1.29, 1.82) is 0 Å². The molecule has 0 aliphatic heterocycles. The molecule has 148 valence electrons. The van der Waals surface area contributed by atoms with Crippen LogP contribution in [0.2, 0.25) is 0 Å². The van der Waals surface area contributed by atoms with Gasteiger partial charge in [0.2, 0.25) is 0 Å². The number of non-ortho nitro benzene ring substituents is 1. The van der Waals surface area contributed by atoms with Gasteiger partial charge >= 0.3 is 0 Å². The summed E-state index contributed by atoms with van der Waals surface area (Å²) in [6.07, 6.45) is 0. The summed E-state index contributed by atoms with van der Waals surface area (Å²) < 4.78 is 24.5. The number of thiocarbonyl (C=S) groups is 1. The predicted molar refractivity (Wildman–Crippen MR) is 105 cm³/mol. The van der Waals surface area contributed by atoms with Crippen LogP contribution in [-0.2, 0) is 4.74 Å². The van der Waals surface area contributed by atoms with Crippen LogP contribution in [-0.4, -0.2) is 35.8 Å². The van der Waals surface area contributed by atoms with Gasteiger partial charge in [-0.15, -0.1) is 0 Å². The van der Waals surface area contributed by atoms with E-state index in [9.17, 15) is 19.3 Å². The smallest absolute Gasteiger partial charge is 0.271 e. The first-order chi connectivity index (χ1) is 13.4. The first kappa shape index (κ1) is 21.2. The van der Waals surface area contributed by atoms with Crippen LogP contribution in [0.25, 0.3) is 0 Å². The lowest BCUT2D eigenvalue weighted by atomic mass is 10.2. The van der Waals surface area contributed by atoms with Crippen LogP contribution >= 0.6 is 12.2 Å². The van der Waals surface area contributed by atoms with Gasteiger partial charge in [-0.1, -0.05) is 6.07 Å². The van der Waals surface area contributed by atoms with Gasteiger partial charge in [0.1, 0.15) is 18.2 Å². The molecule has 0 spiro atoms. The maximum atomic E-state index is 13.8. The Kier molecular flexibility index (Phi) is 7.78. The number of ether oxygens (including phenoxy) is 2. The van der Waals surface area contributed by atoms with Gasteiger partial charge in [-0.2, -0.15) is 0 Å². The first-order valence-electron chi connectivity index (χ1n) is 8.27. The first-order valence-corrected chi connectivity index (χ1v) is 8.68. The molecule has 0 radical (unpaired) electrons. The summed E-state index contributed by atoms with van der Waals surface area (Å²) >= 11 is 4.99. The average Bonchev–Trinajstić information content (AvgIpc) is 2.67. The molecule has 0 fully saturated rings. The Bertz CT molecular complexity index is 878. The van der Waals surface area contributed by atoms with Gasteiger partial charge in [-0.3, -0.25) is 20.2 Å². The van der Waals surface area contributed by atoms with Crippen LogP contribution in [0, 0.1) is 15.9 Å². The zero-order valence-corrected chi connectivity index (χ0v) is 15.8. The van der Waals surface area contributed by atoms with E-state index in [-0.39, 0.29) is 22.1 Å². The Labute approximate surface area is 165 Å². The van der Waals surface area contributed by atoms with Gasteiger partial charge in [0.05, 0.1) is 17.2 Å². The Morgan fingerprint density at radius 3 is 2.75 bits per heavy atom. The van der Waals surface area contributed by atoms with E-state index in [1.807, 2.05) is 6.92 Å². The molecule has 0 unspecified atom stereocenters. The van der Waals surface area contributed by atoms with E-state index in [2.05, 4.69) is 10.6 Å². The summed E-state index contributed by atoms with van der Waals surface area (Å²) in [5.41, 5.74) is -0.250. The summed E-state index contributed by atoms with van der Waals surface area (Å²) in [6, 6.07) is 9.37. The Hall–Kier alpha value is -3.11. The lowest BCUT2D eigenvalue weighted by molar-refractivity contribution is -0.384. The second kappa shape index (κ2) is 10.3. The molecule has 2 rings (SSSR count). The highest BCUT2D eigenvalue weighted by Crippen LogP contribution is 2.21. The predicted octanol–water partition coefficient (Wildman–Crippen LogP) is 3.28. The van der Waals surface area contributed by atoms with E-state index in [0.717, 1.165) is 18.2 Å². The van der Waals surface area contributed by atoms with Crippen molar-refractivity contribution in [2.75, 3.05) is 25.1 Å². The summed E-state index contributed by atoms with van der Waals surface area (Å²) in [5.74, 6) is -0.804. The number of anilines is 1. The lowest BCUT2D eigenvalue weighted by Gasteiger charge is -2.11. The monoisotopic (exact) mass is 407 g/mol. The maximum absolute atomic E-state index is 13.8. The third kappa shape index (κ3) is 6.25. The molecule has 2 N–H and O–H groups in total. The van der Waals surface area contributed by atoms with Crippen molar-refractivity contribution in [3.63, 3.8) is 0 Å². The molecule has 10 heteroatoms. The number of nitrogens with zero attached hydrogens (tertiary/aromatic N) is 1. The second-order valence-corrected chi connectivity index (χ2v) is 5.81. The molecule has 0 aliphatic rings. The number of nitro groups is 1. The molecule has 0 aromatic heterocycles. The molecule has 0 heterocycles. The van der Waals surface area contributed by atoms with Gasteiger partial charge in [0, 0.05) is 24.3 Å². The summed E-state index contributed by atoms with van der Waals surface area (Å²) in [5, 5.41) is 15.4. The highest BCUT2D eigenvalue weighted by molar-refractivity contribution is 7.80. The molecule has 0 bridgehead atoms. The minimum atomic E-state index is -0.744. The summed E-state index contributed by atoms with van der Waals surface area (Å²) in [7, 11) is 0. The van der Waals surface area contributed by atoms with E-state index in [4.69, 9.17) is 21.7 Å². The Morgan fingerprint density at radius 1 is 1.25 bits per heavy atom. The van der Waals surface area contributed by atoms with Crippen molar-refractivity contribution < 1.29 is 23.6 Å². The largest absolute Gasteiger partial charge is 0.491 e. The number of nitro benzene ring substituents is 1. The van der Waals surface area contributed by atoms with E-state index < -0.39 is 16.6 Å². The van der Waals surface area contributed by atoms with Crippen LogP contribution in [0.4, 0.5) is 15.8 Å². The molecular formula is C18H18FN3O5S. The molecular weight excluding hydrogens is 389 g/mol. The molecule has 0 aliphatic carbocycles. The lowest BCUT2D eigenvalue weighted by Crippen LogP contribution is -2.34.